The first-order chi connectivity index (χ1) is 14.6. The fourth-order valence-corrected chi connectivity index (χ4v) is 3.52. The topological polar surface area (TPSA) is 37.3 Å². The number of aryl methyl sites for hydroxylation is 1. The predicted octanol–water partition coefficient (Wildman–Crippen LogP) is 6.07. The third-order valence-corrected chi connectivity index (χ3v) is 5.23. The van der Waals surface area contributed by atoms with Gasteiger partial charge in [0.1, 0.15) is 5.82 Å². The van der Waals surface area contributed by atoms with E-state index in [-0.39, 0.29) is 11.8 Å². The number of rotatable bonds is 9. The van der Waals surface area contributed by atoms with Crippen molar-refractivity contribution in [3.63, 3.8) is 0 Å². The third kappa shape index (κ3) is 5.72. The number of anilines is 1. The Labute approximate surface area is 178 Å². The van der Waals surface area contributed by atoms with Crippen molar-refractivity contribution in [3.8, 4) is 0 Å². The van der Waals surface area contributed by atoms with Crippen LogP contribution in [0, 0.1) is 5.82 Å². The van der Waals surface area contributed by atoms with E-state index >= 15 is 0 Å². The molecule has 0 atom stereocenters. The summed E-state index contributed by atoms with van der Waals surface area (Å²) in [4.78, 5) is 14.9. The molecule has 0 spiro atoms. The molecule has 0 aliphatic heterocycles. The Balaban J connectivity index is 1.75. The number of aromatic nitrogens is 1. The molecule has 3 aromatic rings. The molecule has 5 heteroatoms. The lowest BCUT2D eigenvalue weighted by molar-refractivity contribution is 0.207. The molecule has 0 radical (unpaired) electrons. The van der Waals surface area contributed by atoms with E-state index in [4.69, 9.17) is 0 Å². The van der Waals surface area contributed by atoms with Crippen molar-refractivity contribution in [1.29, 1.82) is 0 Å². The number of para-hydroxylation sites is 1. The standard InChI is InChI=1S/C25H30FN3O/c1-3-5-15-29(25(30)27-24-14-7-6-11-21(24)4-2)19-23-13-9-16-28(23)18-20-10-8-12-22(26)17-20/h6-14,16-17H,3-5,15,18-19H2,1-2H3,(H,27,30). The van der Waals surface area contributed by atoms with Gasteiger partial charge in [-0.15, -0.1) is 0 Å². The van der Waals surface area contributed by atoms with Crippen molar-refractivity contribution in [2.45, 2.75) is 46.2 Å². The number of hydrogen-bond acceptors (Lipinski definition) is 1. The van der Waals surface area contributed by atoms with Crippen molar-refractivity contribution in [2.75, 3.05) is 11.9 Å². The third-order valence-electron chi connectivity index (χ3n) is 5.23. The lowest BCUT2D eigenvalue weighted by Gasteiger charge is -2.24. The zero-order valence-corrected chi connectivity index (χ0v) is 17.8. The lowest BCUT2D eigenvalue weighted by Crippen LogP contribution is -2.36. The Morgan fingerprint density at radius 2 is 1.90 bits per heavy atom. The number of hydrogen-bond donors (Lipinski definition) is 1. The zero-order chi connectivity index (χ0) is 21.3. The summed E-state index contributed by atoms with van der Waals surface area (Å²) in [6.45, 7) is 5.96. The molecular formula is C25H30FN3O. The second kappa shape index (κ2) is 10.6. The van der Waals surface area contributed by atoms with Gasteiger partial charge in [0.25, 0.3) is 0 Å². The minimum Gasteiger partial charge on any atom is -0.345 e. The van der Waals surface area contributed by atoms with Gasteiger partial charge in [0.05, 0.1) is 6.54 Å². The second-order valence-electron chi connectivity index (χ2n) is 7.47. The summed E-state index contributed by atoms with van der Waals surface area (Å²) in [5, 5.41) is 3.09. The van der Waals surface area contributed by atoms with E-state index in [1.54, 1.807) is 12.1 Å². The highest BCUT2D eigenvalue weighted by Gasteiger charge is 2.16. The van der Waals surface area contributed by atoms with Crippen LogP contribution in [0.25, 0.3) is 0 Å². The van der Waals surface area contributed by atoms with E-state index < -0.39 is 0 Å². The number of carbonyl (C=O) groups is 1. The van der Waals surface area contributed by atoms with Crippen LogP contribution in [0.15, 0.2) is 66.9 Å². The summed E-state index contributed by atoms with van der Waals surface area (Å²) < 4.78 is 15.6. The van der Waals surface area contributed by atoms with Crippen LogP contribution in [0.5, 0.6) is 0 Å². The molecule has 0 unspecified atom stereocenters. The largest absolute Gasteiger partial charge is 0.345 e. The normalized spacial score (nSPS) is 10.8. The van der Waals surface area contributed by atoms with Gasteiger partial charge in [-0.3, -0.25) is 0 Å². The van der Waals surface area contributed by atoms with Crippen molar-refractivity contribution < 1.29 is 9.18 Å². The maximum Gasteiger partial charge on any atom is 0.322 e. The molecule has 2 amide bonds. The average Bonchev–Trinajstić information content (AvgIpc) is 3.18. The fourth-order valence-electron chi connectivity index (χ4n) is 3.52. The van der Waals surface area contributed by atoms with E-state index in [2.05, 4.69) is 23.7 Å². The number of carbonyl (C=O) groups excluding carboxylic acids is 1. The smallest absolute Gasteiger partial charge is 0.322 e. The molecule has 4 nitrogen and oxygen atoms in total. The van der Waals surface area contributed by atoms with Crippen LogP contribution in [-0.4, -0.2) is 22.0 Å². The highest BCUT2D eigenvalue weighted by Crippen LogP contribution is 2.18. The molecule has 2 aromatic carbocycles. The summed E-state index contributed by atoms with van der Waals surface area (Å²) in [7, 11) is 0. The Kier molecular flexibility index (Phi) is 7.66. The van der Waals surface area contributed by atoms with Crippen LogP contribution >= 0.6 is 0 Å². The van der Waals surface area contributed by atoms with Gasteiger partial charge in [0, 0.05) is 30.7 Å². The quantitative estimate of drug-likeness (QED) is 0.459. The summed E-state index contributed by atoms with van der Waals surface area (Å²) in [6.07, 6.45) is 4.79. The molecule has 3 rings (SSSR count). The molecular weight excluding hydrogens is 377 g/mol. The molecule has 1 aromatic heterocycles. The molecule has 158 valence electrons. The molecule has 30 heavy (non-hydrogen) atoms. The van der Waals surface area contributed by atoms with Gasteiger partial charge >= 0.3 is 6.03 Å². The number of nitrogens with one attached hydrogen (secondary N) is 1. The van der Waals surface area contributed by atoms with Crippen LogP contribution in [0.1, 0.15) is 43.5 Å². The number of benzene rings is 2. The molecule has 0 aliphatic carbocycles. The van der Waals surface area contributed by atoms with E-state index in [0.29, 0.717) is 19.6 Å². The minimum absolute atomic E-state index is 0.0946. The lowest BCUT2D eigenvalue weighted by atomic mass is 10.1. The van der Waals surface area contributed by atoms with Gasteiger partial charge in [-0.1, -0.05) is 50.6 Å². The first-order valence-electron chi connectivity index (χ1n) is 10.6. The molecule has 1 N–H and O–H groups in total. The van der Waals surface area contributed by atoms with Crippen molar-refractivity contribution in [3.05, 3.63) is 89.5 Å². The zero-order valence-electron chi connectivity index (χ0n) is 17.8. The van der Waals surface area contributed by atoms with Crippen LogP contribution < -0.4 is 5.32 Å². The summed E-state index contributed by atoms with van der Waals surface area (Å²) in [5.74, 6) is -0.236. The van der Waals surface area contributed by atoms with Gasteiger partial charge in [-0.2, -0.15) is 0 Å². The number of amides is 2. The predicted molar refractivity (Wildman–Crippen MR) is 120 cm³/mol. The molecule has 0 aliphatic rings. The van der Waals surface area contributed by atoms with E-state index in [0.717, 1.165) is 41.8 Å². The average molecular weight is 408 g/mol. The second-order valence-corrected chi connectivity index (χ2v) is 7.47. The highest BCUT2D eigenvalue weighted by molar-refractivity contribution is 5.90. The fraction of sp³-hybridized carbons (Fsp3) is 0.320. The molecule has 0 fully saturated rings. The number of urea groups is 1. The first kappa shape index (κ1) is 21.6. The van der Waals surface area contributed by atoms with Gasteiger partial charge < -0.3 is 14.8 Å². The monoisotopic (exact) mass is 407 g/mol. The van der Waals surface area contributed by atoms with Crippen molar-refractivity contribution in [2.24, 2.45) is 0 Å². The van der Waals surface area contributed by atoms with Crippen LogP contribution in [-0.2, 0) is 19.5 Å². The van der Waals surface area contributed by atoms with Gasteiger partial charge in [-0.05, 0) is 54.3 Å². The first-order valence-corrected chi connectivity index (χ1v) is 10.6. The van der Waals surface area contributed by atoms with E-state index in [1.165, 1.54) is 6.07 Å². The molecule has 0 bridgehead atoms. The number of unbranched alkanes of at least 4 members (excludes halogenated alkanes) is 1. The Morgan fingerprint density at radius 3 is 2.67 bits per heavy atom. The highest BCUT2D eigenvalue weighted by atomic mass is 19.1. The summed E-state index contributed by atoms with van der Waals surface area (Å²) >= 11 is 0. The van der Waals surface area contributed by atoms with Crippen LogP contribution in [0.2, 0.25) is 0 Å². The van der Waals surface area contributed by atoms with Gasteiger partial charge in [0.15, 0.2) is 0 Å². The Hall–Kier alpha value is -3.08. The Morgan fingerprint density at radius 1 is 1.07 bits per heavy atom. The number of nitrogens with zero attached hydrogens (tertiary/aromatic N) is 2. The maximum absolute atomic E-state index is 13.6. The summed E-state index contributed by atoms with van der Waals surface area (Å²) in [6, 6.07) is 18.4. The minimum atomic E-state index is -0.236. The van der Waals surface area contributed by atoms with E-state index in [9.17, 15) is 9.18 Å². The number of halogens is 1. The van der Waals surface area contributed by atoms with Crippen molar-refractivity contribution >= 4 is 11.7 Å². The van der Waals surface area contributed by atoms with Gasteiger partial charge in [-0.25, -0.2) is 9.18 Å². The SMILES string of the molecule is CCCCN(Cc1cccn1Cc1cccc(F)c1)C(=O)Nc1ccccc1CC. The maximum atomic E-state index is 13.6. The van der Waals surface area contributed by atoms with Crippen LogP contribution in [0.4, 0.5) is 14.9 Å². The molecule has 0 saturated carbocycles. The summed E-state index contributed by atoms with van der Waals surface area (Å²) in [5.41, 5.74) is 3.90. The molecule has 1 heterocycles. The van der Waals surface area contributed by atoms with Crippen molar-refractivity contribution in [1.82, 2.24) is 9.47 Å². The Bertz CT molecular complexity index is 966. The van der Waals surface area contributed by atoms with Gasteiger partial charge in [0.2, 0.25) is 0 Å². The van der Waals surface area contributed by atoms with Crippen LogP contribution in [0.3, 0.4) is 0 Å². The molecule has 0 saturated heterocycles. The van der Waals surface area contributed by atoms with E-state index in [1.807, 2.05) is 53.6 Å².